The first-order valence-electron chi connectivity index (χ1n) is 9.95. The van der Waals surface area contributed by atoms with E-state index in [2.05, 4.69) is 26.8 Å². The molecule has 5 heteroatoms. The predicted molar refractivity (Wildman–Crippen MR) is 110 cm³/mol. The summed E-state index contributed by atoms with van der Waals surface area (Å²) in [5.41, 5.74) is 2.08. The number of piperidine rings is 1. The van der Waals surface area contributed by atoms with Crippen molar-refractivity contribution in [1.29, 1.82) is 0 Å². The standard InChI is InChI=1S/C24H26FNO3/c1-23(2,3)21-15-24(12-13-26(21)22(27)28)14-19(16-8-10-17(25)11-9-16)18-6-4-5-7-20(18)29-24/h4-11,14,21H,12-13,15H2,1-3H3,(H,27,28). The lowest BCUT2D eigenvalue weighted by Crippen LogP contribution is -2.58. The van der Waals surface area contributed by atoms with Gasteiger partial charge in [0.2, 0.25) is 0 Å². The molecule has 2 aliphatic heterocycles. The van der Waals surface area contributed by atoms with Crippen molar-refractivity contribution < 1.29 is 19.0 Å². The molecule has 152 valence electrons. The van der Waals surface area contributed by atoms with Crippen LogP contribution >= 0.6 is 0 Å². The van der Waals surface area contributed by atoms with Crippen LogP contribution in [-0.4, -0.2) is 34.3 Å². The molecule has 4 rings (SSSR count). The number of hydrogen-bond acceptors (Lipinski definition) is 2. The normalized spacial score (nSPS) is 23.9. The minimum absolute atomic E-state index is 0.176. The molecule has 29 heavy (non-hydrogen) atoms. The Morgan fingerprint density at radius 2 is 1.86 bits per heavy atom. The van der Waals surface area contributed by atoms with Crippen molar-refractivity contribution in [2.75, 3.05) is 6.54 Å². The zero-order chi connectivity index (χ0) is 20.8. The van der Waals surface area contributed by atoms with E-state index in [1.54, 1.807) is 17.0 Å². The smallest absolute Gasteiger partial charge is 0.407 e. The maximum absolute atomic E-state index is 13.5. The highest BCUT2D eigenvalue weighted by molar-refractivity contribution is 5.84. The van der Waals surface area contributed by atoms with Crippen LogP contribution in [0.15, 0.2) is 54.6 Å². The molecule has 1 saturated heterocycles. The summed E-state index contributed by atoms with van der Waals surface area (Å²) in [7, 11) is 0. The second kappa shape index (κ2) is 6.90. The van der Waals surface area contributed by atoms with Crippen molar-refractivity contribution in [3.63, 3.8) is 0 Å². The van der Waals surface area contributed by atoms with E-state index in [4.69, 9.17) is 4.74 Å². The third-order valence-corrected chi connectivity index (χ3v) is 5.99. The van der Waals surface area contributed by atoms with Crippen molar-refractivity contribution in [1.82, 2.24) is 4.90 Å². The minimum atomic E-state index is -0.890. The quantitative estimate of drug-likeness (QED) is 0.686. The summed E-state index contributed by atoms with van der Waals surface area (Å²) in [6, 6.07) is 14.2. The number of hydrogen-bond donors (Lipinski definition) is 1. The Morgan fingerprint density at radius 3 is 2.52 bits per heavy atom. The monoisotopic (exact) mass is 395 g/mol. The average Bonchev–Trinajstić information content (AvgIpc) is 2.67. The summed E-state index contributed by atoms with van der Waals surface area (Å²) in [5.74, 6) is 0.512. The van der Waals surface area contributed by atoms with Crippen molar-refractivity contribution >= 4 is 11.7 Å². The first-order chi connectivity index (χ1) is 13.7. The molecular weight excluding hydrogens is 369 g/mol. The maximum Gasteiger partial charge on any atom is 0.407 e. The number of halogens is 1. The molecule has 0 saturated carbocycles. The van der Waals surface area contributed by atoms with Crippen LogP contribution in [-0.2, 0) is 0 Å². The molecule has 0 radical (unpaired) electrons. The van der Waals surface area contributed by atoms with Crippen LogP contribution in [0.4, 0.5) is 9.18 Å². The van der Waals surface area contributed by atoms with E-state index < -0.39 is 11.7 Å². The number of para-hydroxylation sites is 1. The van der Waals surface area contributed by atoms with Gasteiger partial charge in [-0.3, -0.25) is 0 Å². The highest BCUT2D eigenvalue weighted by atomic mass is 19.1. The maximum atomic E-state index is 13.5. The zero-order valence-electron chi connectivity index (χ0n) is 17.0. The topological polar surface area (TPSA) is 49.8 Å². The molecule has 2 heterocycles. The van der Waals surface area contributed by atoms with Gasteiger partial charge in [-0.25, -0.2) is 9.18 Å². The number of ether oxygens (including phenoxy) is 1. The van der Waals surface area contributed by atoms with Gasteiger partial charge in [0.1, 0.15) is 17.2 Å². The van der Waals surface area contributed by atoms with Gasteiger partial charge in [-0.1, -0.05) is 51.1 Å². The molecule has 0 aromatic heterocycles. The van der Waals surface area contributed by atoms with Gasteiger partial charge < -0.3 is 14.7 Å². The van der Waals surface area contributed by atoms with Gasteiger partial charge in [-0.15, -0.1) is 0 Å². The van der Waals surface area contributed by atoms with Crippen LogP contribution in [0.1, 0.15) is 44.7 Å². The van der Waals surface area contributed by atoms with Crippen molar-refractivity contribution in [2.45, 2.75) is 45.3 Å². The van der Waals surface area contributed by atoms with Crippen LogP contribution in [0, 0.1) is 11.2 Å². The molecule has 2 aromatic rings. The number of nitrogens with zero attached hydrogens (tertiary/aromatic N) is 1. The van der Waals surface area contributed by atoms with Gasteiger partial charge in [0.25, 0.3) is 0 Å². The molecule has 1 spiro atoms. The summed E-state index contributed by atoms with van der Waals surface area (Å²) in [4.78, 5) is 13.4. The van der Waals surface area contributed by atoms with E-state index in [-0.39, 0.29) is 17.3 Å². The second-order valence-corrected chi connectivity index (χ2v) is 9.04. The summed E-state index contributed by atoms with van der Waals surface area (Å²) in [6.07, 6.45) is 2.38. The number of benzene rings is 2. The van der Waals surface area contributed by atoms with E-state index >= 15 is 0 Å². The Labute approximate surface area is 170 Å². The van der Waals surface area contributed by atoms with E-state index in [9.17, 15) is 14.3 Å². The van der Waals surface area contributed by atoms with Crippen LogP contribution in [0.2, 0.25) is 0 Å². The molecule has 1 amide bonds. The number of amides is 1. The Kier molecular flexibility index (Phi) is 4.64. The summed E-state index contributed by atoms with van der Waals surface area (Å²) < 4.78 is 20.0. The van der Waals surface area contributed by atoms with Crippen molar-refractivity contribution in [3.8, 4) is 5.75 Å². The van der Waals surface area contributed by atoms with Crippen LogP contribution in [0.3, 0.4) is 0 Å². The zero-order valence-corrected chi connectivity index (χ0v) is 17.0. The largest absolute Gasteiger partial charge is 0.482 e. The van der Waals surface area contributed by atoms with Crippen LogP contribution in [0.25, 0.3) is 5.57 Å². The molecule has 1 N–H and O–H groups in total. The Balaban J connectivity index is 1.80. The number of likely N-dealkylation sites (tertiary alicyclic amines) is 1. The fraction of sp³-hybridized carbons (Fsp3) is 0.375. The van der Waals surface area contributed by atoms with Gasteiger partial charge in [0.05, 0.1) is 0 Å². The molecule has 2 aromatic carbocycles. The predicted octanol–water partition coefficient (Wildman–Crippen LogP) is 5.58. The van der Waals surface area contributed by atoms with Gasteiger partial charge in [-0.05, 0) is 40.8 Å². The van der Waals surface area contributed by atoms with E-state index in [1.807, 2.05) is 24.3 Å². The van der Waals surface area contributed by atoms with Gasteiger partial charge in [0, 0.05) is 31.0 Å². The third-order valence-electron chi connectivity index (χ3n) is 5.99. The van der Waals surface area contributed by atoms with E-state index in [0.717, 1.165) is 22.4 Å². The number of rotatable bonds is 1. The van der Waals surface area contributed by atoms with E-state index in [1.165, 1.54) is 12.1 Å². The van der Waals surface area contributed by atoms with E-state index in [0.29, 0.717) is 19.4 Å². The van der Waals surface area contributed by atoms with Crippen LogP contribution < -0.4 is 4.74 Å². The molecule has 0 aliphatic carbocycles. The molecule has 2 atom stereocenters. The fourth-order valence-electron chi connectivity index (χ4n) is 4.47. The first kappa shape index (κ1) is 19.5. The molecule has 2 aliphatic rings. The molecule has 0 bridgehead atoms. The second-order valence-electron chi connectivity index (χ2n) is 9.04. The summed E-state index contributed by atoms with van der Waals surface area (Å²) >= 11 is 0. The lowest BCUT2D eigenvalue weighted by atomic mass is 9.73. The number of carbonyl (C=O) groups is 1. The molecule has 2 unspecified atom stereocenters. The molecule has 4 nitrogen and oxygen atoms in total. The Bertz CT molecular complexity index is 961. The Morgan fingerprint density at radius 1 is 1.17 bits per heavy atom. The average molecular weight is 395 g/mol. The SMILES string of the molecule is CC(C)(C)C1CC2(C=C(c3ccc(F)cc3)c3ccccc3O2)CCN1C(=O)O. The summed E-state index contributed by atoms with van der Waals surface area (Å²) in [6.45, 7) is 6.60. The number of carboxylic acid groups (broad SMARTS) is 1. The van der Waals surface area contributed by atoms with Gasteiger partial charge in [-0.2, -0.15) is 0 Å². The van der Waals surface area contributed by atoms with Gasteiger partial charge >= 0.3 is 6.09 Å². The summed E-state index contributed by atoms with van der Waals surface area (Å²) in [5, 5.41) is 9.71. The van der Waals surface area contributed by atoms with Crippen molar-refractivity contribution in [3.05, 3.63) is 71.6 Å². The lowest BCUT2D eigenvalue weighted by Gasteiger charge is -2.50. The third kappa shape index (κ3) is 3.61. The Hall–Kier alpha value is -2.82. The first-order valence-corrected chi connectivity index (χ1v) is 9.95. The minimum Gasteiger partial charge on any atom is -0.482 e. The van der Waals surface area contributed by atoms with Gasteiger partial charge in [0.15, 0.2) is 0 Å². The fourth-order valence-corrected chi connectivity index (χ4v) is 4.47. The lowest BCUT2D eigenvalue weighted by molar-refractivity contribution is -0.0231. The highest BCUT2D eigenvalue weighted by Gasteiger charge is 2.48. The molecule has 1 fully saturated rings. The number of fused-ring (bicyclic) bond motifs is 1. The van der Waals surface area contributed by atoms with Crippen LogP contribution in [0.5, 0.6) is 5.75 Å². The highest BCUT2D eigenvalue weighted by Crippen LogP contribution is 2.46. The van der Waals surface area contributed by atoms with Crippen molar-refractivity contribution in [2.24, 2.45) is 5.41 Å². The molecular formula is C24H26FNO3.